The van der Waals surface area contributed by atoms with E-state index in [-0.39, 0.29) is 0 Å². The van der Waals surface area contributed by atoms with Crippen LogP contribution in [0.5, 0.6) is 5.75 Å². The summed E-state index contributed by atoms with van der Waals surface area (Å²) in [6.45, 7) is 0.356. The molecule has 18 heavy (non-hydrogen) atoms. The fourth-order valence-electron chi connectivity index (χ4n) is 1.45. The lowest BCUT2D eigenvalue weighted by molar-refractivity contribution is 0.306. The molecule has 0 spiro atoms. The molecule has 0 bridgehead atoms. The van der Waals surface area contributed by atoms with Gasteiger partial charge in [0.05, 0.1) is 21.7 Å². The molecule has 0 N–H and O–H groups in total. The molecule has 0 saturated heterocycles. The second-order valence-corrected chi connectivity index (χ2v) is 4.46. The van der Waals surface area contributed by atoms with E-state index in [1.807, 2.05) is 12.1 Å². The summed E-state index contributed by atoms with van der Waals surface area (Å²) in [6.07, 6.45) is 0. The zero-order chi connectivity index (χ0) is 13.0. The zero-order valence-corrected chi connectivity index (χ0v) is 10.9. The highest BCUT2D eigenvalue weighted by Crippen LogP contribution is 2.32. The maximum atomic E-state index is 8.69. The highest BCUT2D eigenvalue weighted by atomic mass is 35.5. The van der Waals surface area contributed by atoms with E-state index in [9.17, 15) is 0 Å². The Bertz CT molecular complexity index is 567. The smallest absolute Gasteiger partial charge is 0.156 e. The van der Waals surface area contributed by atoms with Gasteiger partial charge in [0, 0.05) is 0 Å². The lowest BCUT2D eigenvalue weighted by atomic mass is 10.2. The van der Waals surface area contributed by atoms with E-state index in [4.69, 9.17) is 33.2 Å². The van der Waals surface area contributed by atoms with Crippen LogP contribution in [0.3, 0.4) is 0 Å². The van der Waals surface area contributed by atoms with Gasteiger partial charge in [0.15, 0.2) is 5.75 Å². The molecule has 2 aromatic rings. The first-order chi connectivity index (χ1) is 8.70. The first-order valence-corrected chi connectivity index (χ1v) is 6.02. The van der Waals surface area contributed by atoms with Crippen molar-refractivity contribution in [2.45, 2.75) is 6.61 Å². The first-order valence-electron chi connectivity index (χ1n) is 5.26. The van der Waals surface area contributed by atoms with Gasteiger partial charge < -0.3 is 4.74 Å². The Hall–Kier alpha value is -1.69. The summed E-state index contributed by atoms with van der Waals surface area (Å²) in [5.74, 6) is 0.477. The lowest BCUT2D eigenvalue weighted by Crippen LogP contribution is -1.96. The van der Waals surface area contributed by atoms with E-state index in [0.717, 1.165) is 5.56 Å². The molecule has 0 unspecified atom stereocenters. The van der Waals surface area contributed by atoms with Crippen LogP contribution in [0.15, 0.2) is 42.5 Å². The summed E-state index contributed by atoms with van der Waals surface area (Å²) in [5.41, 5.74) is 1.57. The first kappa shape index (κ1) is 12.8. The second kappa shape index (κ2) is 5.77. The Morgan fingerprint density at radius 3 is 2.17 bits per heavy atom. The van der Waals surface area contributed by atoms with Gasteiger partial charge in [0.25, 0.3) is 0 Å². The molecule has 0 aliphatic rings. The predicted octanol–water partition coefficient (Wildman–Crippen LogP) is 4.44. The molecule has 90 valence electrons. The number of nitriles is 1. The van der Waals surface area contributed by atoms with Crippen LogP contribution >= 0.6 is 23.2 Å². The van der Waals surface area contributed by atoms with Crippen LogP contribution in [0.2, 0.25) is 10.0 Å². The fraction of sp³-hybridized carbons (Fsp3) is 0.0714. The average molecular weight is 278 g/mol. The van der Waals surface area contributed by atoms with Crippen LogP contribution in [-0.2, 0) is 6.61 Å². The number of rotatable bonds is 3. The van der Waals surface area contributed by atoms with E-state index in [0.29, 0.717) is 28.0 Å². The molecule has 0 fully saturated rings. The Balaban J connectivity index is 2.09. The van der Waals surface area contributed by atoms with Gasteiger partial charge in [-0.15, -0.1) is 0 Å². The molecular weight excluding hydrogens is 269 g/mol. The van der Waals surface area contributed by atoms with E-state index >= 15 is 0 Å². The summed E-state index contributed by atoms with van der Waals surface area (Å²) in [5, 5.41) is 9.66. The van der Waals surface area contributed by atoms with Crippen molar-refractivity contribution in [2.24, 2.45) is 0 Å². The number of ether oxygens (including phenoxy) is 1. The number of benzene rings is 2. The number of nitrogens with zero attached hydrogens (tertiary/aromatic N) is 1. The molecule has 2 nitrogen and oxygen atoms in total. The third-order valence-corrected chi connectivity index (χ3v) is 2.98. The molecule has 0 aliphatic heterocycles. The van der Waals surface area contributed by atoms with Gasteiger partial charge in [-0.3, -0.25) is 0 Å². The van der Waals surface area contributed by atoms with Gasteiger partial charge in [0.2, 0.25) is 0 Å². The molecule has 0 aromatic heterocycles. The Kier molecular flexibility index (Phi) is 4.09. The van der Waals surface area contributed by atoms with Crippen LogP contribution in [-0.4, -0.2) is 0 Å². The highest BCUT2D eigenvalue weighted by molar-refractivity contribution is 6.37. The van der Waals surface area contributed by atoms with Crippen molar-refractivity contribution < 1.29 is 4.74 Å². The van der Waals surface area contributed by atoms with Crippen molar-refractivity contribution in [1.82, 2.24) is 0 Å². The van der Waals surface area contributed by atoms with Crippen molar-refractivity contribution in [1.29, 1.82) is 5.26 Å². The lowest BCUT2D eigenvalue weighted by Gasteiger charge is -2.09. The standard InChI is InChI=1S/C14H9Cl2NO/c15-12-2-1-3-13(16)14(12)18-9-11-6-4-10(8-17)5-7-11/h1-7H,9H2. The number of para-hydroxylation sites is 1. The van der Waals surface area contributed by atoms with Crippen molar-refractivity contribution in [2.75, 3.05) is 0 Å². The molecular formula is C14H9Cl2NO. The van der Waals surface area contributed by atoms with Gasteiger partial charge >= 0.3 is 0 Å². The Morgan fingerprint density at radius 1 is 1.00 bits per heavy atom. The zero-order valence-electron chi connectivity index (χ0n) is 9.36. The maximum Gasteiger partial charge on any atom is 0.156 e. The largest absolute Gasteiger partial charge is 0.486 e. The van der Waals surface area contributed by atoms with Crippen molar-refractivity contribution >= 4 is 23.2 Å². The van der Waals surface area contributed by atoms with Crippen LogP contribution in [0.4, 0.5) is 0 Å². The Morgan fingerprint density at radius 2 is 1.61 bits per heavy atom. The number of halogens is 2. The minimum Gasteiger partial charge on any atom is -0.486 e. The van der Waals surface area contributed by atoms with Crippen LogP contribution < -0.4 is 4.74 Å². The fourth-order valence-corrected chi connectivity index (χ4v) is 1.96. The summed E-state index contributed by atoms with van der Waals surface area (Å²) in [6, 6.07) is 14.4. The third kappa shape index (κ3) is 2.95. The van der Waals surface area contributed by atoms with Gasteiger partial charge in [0.1, 0.15) is 6.61 Å². The summed E-state index contributed by atoms with van der Waals surface area (Å²) in [4.78, 5) is 0. The molecule has 0 saturated carbocycles. The monoisotopic (exact) mass is 277 g/mol. The minimum atomic E-state index is 0.356. The molecule has 2 aromatic carbocycles. The predicted molar refractivity (Wildman–Crippen MR) is 72.0 cm³/mol. The highest BCUT2D eigenvalue weighted by Gasteiger charge is 2.06. The van der Waals surface area contributed by atoms with Gasteiger partial charge in [-0.05, 0) is 29.8 Å². The normalized spacial score (nSPS) is 9.83. The quantitative estimate of drug-likeness (QED) is 0.831. The van der Waals surface area contributed by atoms with Gasteiger partial charge in [-0.1, -0.05) is 41.4 Å². The van der Waals surface area contributed by atoms with Gasteiger partial charge in [-0.25, -0.2) is 0 Å². The molecule has 0 radical (unpaired) electrons. The van der Waals surface area contributed by atoms with E-state index in [1.54, 1.807) is 30.3 Å². The Labute approximate surface area is 115 Å². The minimum absolute atomic E-state index is 0.356. The maximum absolute atomic E-state index is 8.69. The van der Waals surface area contributed by atoms with Crippen molar-refractivity contribution in [3.05, 3.63) is 63.6 Å². The molecule has 0 aliphatic carbocycles. The summed E-state index contributed by atoms with van der Waals surface area (Å²) < 4.78 is 5.58. The average Bonchev–Trinajstić information content (AvgIpc) is 2.39. The van der Waals surface area contributed by atoms with E-state index in [2.05, 4.69) is 6.07 Å². The van der Waals surface area contributed by atoms with E-state index in [1.165, 1.54) is 0 Å². The molecule has 2 rings (SSSR count). The SMILES string of the molecule is N#Cc1ccc(COc2c(Cl)cccc2Cl)cc1. The van der Waals surface area contributed by atoms with Gasteiger partial charge in [-0.2, -0.15) is 5.26 Å². The van der Waals surface area contributed by atoms with Crippen molar-refractivity contribution in [3.8, 4) is 11.8 Å². The van der Waals surface area contributed by atoms with Crippen LogP contribution in [0, 0.1) is 11.3 Å². The second-order valence-electron chi connectivity index (χ2n) is 3.65. The van der Waals surface area contributed by atoms with Crippen LogP contribution in [0.25, 0.3) is 0 Å². The summed E-state index contributed by atoms with van der Waals surface area (Å²) in [7, 11) is 0. The number of hydrogen-bond donors (Lipinski definition) is 0. The molecule has 0 heterocycles. The van der Waals surface area contributed by atoms with Crippen molar-refractivity contribution in [3.63, 3.8) is 0 Å². The molecule has 0 atom stereocenters. The molecule has 0 amide bonds. The van der Waals surface area contributed by atoms with E-state index < -0.39 is 0 Å². The third-order valence-electron chi connectivity index (χ3n) is 2.39. The topological polar surface area (TPSA) is 33.0 Å². The number of hydrogen-bond acceptors (Lipinski definition) is 2. The van der Waals surface area contributed by atoms with Crippen LogP contribution in [0.1, 0.15) is 11.1 Å². The molecule has 4 heteroatoms. The summed E-state index contributed by atoms with van der Waals surface area (Å²) >= 11 is 12.0.